The fraction of sp³-hybridized carbons (Fsp3) is 0.229. The molecule has 0 N–H and O–H groups in total. The van der Waals surface area contributed by atoms with E-state index in [1.807, 2.05) is 18.2 Å². The molecule has 3 unspecified atom stereocenters. The van der Waals surface area contributed by atoms with Gasteiger partial charge >= 0.3 is 0 Å². The minimum absolute atomic E-state index is 0.0376. The molecule has 0 amide bonds. The van der Waals surface area contributed by atoms with Crippen molar-refractivity contribution >= 4 is 5.70 Å². The average Bonchev–Trinajstić information content (AvgIpc) is 3.40. The fourth-order valence-corrected chi connectivity index (χ4v) is 7.66. The first-order valence-electron chi connectivity index (χ1n) is 14.1. The van der Waals surface area contributed by atoms with E-state index in [0.717, 1.165) is 53.5 Å². The molecule has 3 nitrogen and oxygen atoms in total. The third kappa shape index (κ3) is 3.30. The van der Waals surface area contributed by atoms with Gasteiger partial charge in [-0.3, -0.25) is 0 Å². The number of pyridine rings is 1. The highest BCUT2D eigenvalue weighted by atomic mass is 19.1. The van der Waals surface area contributed by atoms with Crippen LogP contribution in [-0.4, -0.2) is 22.4 Å². The van der Waals surface area contributed by atoms with E-state index < -0.39 is 11.6 Å². The van der Waals surface area contributed by atoms with E-state index in [1.165, 1.54) is 22.8 Å². The first-order valence-corrected chi connectivity index (χ1v) is 14.1. The minimum atomic E-state index is -0.533. The maximum Gasteiger partial charge on any atom is 0.221 e. The standard InChI is InChI=1S/C35H30F2N3/c1-21-17-31-33-25(18-26(36)19-30(33)37)11-12-28-27-10-6-9-24-13-14-38-15-16-39(35(38)32(24)27)34(28)22(2)40(31)20-29(21)23-7-4-3-5-8-23/h3-10,15-20,28,34-35H,2,11-14H2,1H3/q+1. The van der Waals surface area contributed by atoms with Crippen molar-refractivity contribution in [3.63, 3.8) is 0 Å². The Morgan fingerprint density at radius 3 is 2.62 bits per heavy atom. The number of halogens is 2. The summed E-state index contributed by atoms with van der Waals surface area (Å²) in [7, 11) is 0. The Balaban J connectivity index is 1.41. The Bertz CT molecular complexity index is 1740. The van der Waals surface area contributed by atoms with Crippen molar-refractivity contribution in [3.05, 3.63) is 131 Å². The second-order valence-corrected chi connectivity index (χ2v) is 11.5. The van der Waals surface area contributed by atoms with Crippen LogP contribution < -0.4 is 4.57 Å². The third-order valence-corrected chi connectivity index (χ3v) is 9.41. The maximum absolute atomic E-state index is 15.8. The van der Waals surface area contributed by atoms with E-state index in [1.54, 1.807) is 0 Å². The number of aryl methyl sites for hydroxylation is 2. The highest BCUT2D eigenvalue weighted by Crippen LogP contribution is 2.51. The van der Waals surface area contributed by atoms with Crippen molar-refractivity contribution in [3.8, 4) is 22.4 Å². The minimum Gasteiger partial charge on any atom is -0.352 e. The van der Waals surface area contributed by atoms with Crippen molar-refractivity contribution in [1.29, 1.82) is 0 Å². The molecule has 8 rings (SSSR count). The molecule has 4 aromatic rings. The summed E-state index contributed by atoms with van der Waals surface area (Å²) in [5.41, 5.74) is 10.2. The second kappa shape index (κ2) is 8.62. The van der Waals surface area contributed by atoms with Crippen molar-refractivity contribution in [1.82, 2.24) is 9.80 Å². The van der Waals surface area contributed by atoms with Crippen LogP contribution in [0.4, 0.5) is 8.78 Å². The van der Waals surface area contributed by atoms with Crippen LogP contribution in [0.5, 0.6) is 0 Å². The molecule has 40 heavy (non-hydrogen) atoms. The number of rotatable bonds is 1. The van der Waals surface area contributed by atoms with Gasteiger partial charge in [0, 0.05) is 48.1 Å². The molecule has 0 bridgehead atoms. The summed E-state index contributed by atoms with van der Waals surface area (Å²) in [4.78, 5) is 4.89. The van der Waals surface area contributed by atoms with Crippen LogP contribution in [0.3, 0.4) is 0 Å². The molecule has 4 aliphatic rings. The van der Waals surface area contributed by atoms with Gasteiger partial charge in [0.05, 0.1) is 5.56 Å². The van der Waals surface area contributed by atoms with Gasteiger partial charge in [-0.25, -0.2) is 8.78 Å². The molecule has 3 atom stereocenters. The smallest absolute Gasteiger partial charge is 0.221 e. The lowest BCUT2D eigenvalue weighted by Crippen LogP contribution is -2.53. The molecule has 5 heterocycles. The van der Waals surface area contributed by atoms with Crippen molar-refractivity contribution in [2.75, 3.05) is 6.54 Å². The lowest BCUT2D eigenvalue weighted by molar-refractivity contribution is -0.573. The lowest BCUT2D eigenvalue weighted by atomic mass is 9.75. The molecule has 0 radical (unpaired) electrons. The van der Waals surface area contributed by atoms with Crippen molar-refractivity contribution in [2.24, 2.45) is 0 Å². The Morgan fingerprint density at radius 2 is 1.77 bits per heavy atom. The Labute approximate surface area is 233 Å². The summed E-state index contributed by atoms with van der Waals surface area (Å²) in [5.74, 6) is -0.937. The molecule has 3 aromatic carbocycles. The fourth-order valence-electron chi connectivity index (χ4n) is 7.66. The summed E-state index contributed by atoms with van der Waals surface area (Å²) in [6.07, 6.45) is 9.05. The molecular formula is C35H30F2N3+. The molecule has 0 spiro atoms. The SMILES string of the molecule is C=C1C2C(CCc3cc(F)cc(F)c3-c3cc(C)c(-c4ccccc4)c[n+]31)c1cccc3c1C1N(C=CN21)CC3. The molecule has 1 aromatic heterocycles. The van der Waals surface area contributed by atoms with Crippen LogP contribution in [0.25, 0.3) is 28.1 Å². The number of hydrogen-bond donors (Lipinski definition) is 0. The summed E-state index contributed by atoms with van der Waals surface area (Å²) >= 11 is 0. The number of fused-ring (bicyclic) bond motifs is 6. The van der Waals surface area contributed by atoms with E-state index in [4.69, 9.17) is 6.58 Å². The molecule has 4 aliphatic heterocycles. The van der Waals surface area contributed by atoms with Gasteiger partial charge in [-0.05, 0) is 66.6 Å². The molecule has 0 fully saturated rings. The van der Waals surface area contributed by atoms with Gasteiger partial charge in [0.2, 0.25) is 11.4 Å². The molecule has 198 valence electrons. The molecular weight excluding hydrogens is 500 g/mol. The van der Waals surface area contributed by atoms with E-state index in [-0.39, 0.29) is 18.1 Å². The van der Waals surface area contributed by atoms with E-state index >= 15 is 4.39 Å². The first-order chi connectivity index (χ1) is 19.5. The topological polar surface area (TPSA) is 10.4 Å². The zero-order valence-electron chi connectivity index (χ0n) is 22.4. The van der Waals surface area contributed by atoms with Crippen LogP contribution in [-0.2, 0) is 12.8 Å². The highest BCUT2D eigenvalue weighted by molar-refractivity contribution is 5.71. The highest BCUT2D eigenvalue weighted by Gasteiger charge is 2.50. The van der Waals surface area contributed by atoms with Gasteiger partial charge in [0.1, 0.15) is 23.8 Å². The Morgan fingerprint density at radius 1 is 0.925 bits per heavy atom. The van der Waals surface area contributed by atoms with Crippen LogP contribution in [0.1, 0.15) is 46.3 Å². The molecule has 0 saturated carbocycles. The number of hydrogen-bond acceptors (Lipinski definition) is 2. The summed E-state index contributed by atoms with van der Waals surface area (Å²) in [5, 5.41) is 0. The molecule has 5 heteroatoms. The summed E-state index contributed by atoms with van der Waals surface area (Å²) < 4.78 is 32.5. The normalized spacial score (nSPS) is 22.1. The second-order valence-electron chi connectivity index (χ2n) is 11.5. The zero-order valence-corrected chi connectivity index (χ0v) is 22.4. The van der Waals surface area contributed by atoms with Crippen LogP contribution >= 0.6 is 0 Å². The van der Waals surface area contributed by atoms with Gasteiger partial charge in [0.15, 0.2) is 6.20 Å². The zero-order chi connectivity index (χ0) is 27.1. The molecule has 0 saturated heterocycles. The predicted octanol–water partition coefficient (Wildman–Crippen LogP) is 7.12. The average molecular weight is 531 g/mol. The maximum atomic E-state index is 15.8. The number of benzene rings is 3. The van der Waals surface area contributed by atoms with E-state index in [9.17, 15) is 4.39 Å². The number of aromatic nitrogens is 1. The summed E-state index contributed by atoms with van der Waals surface area (Å²) in [6.45, 7) is 7.78. The third-order valence-electron chi connectivity index (χ3n) is 9.41. The van der Waals surface area contributed by atoms with Crippen molar-refractivity contribution < 1.29 is 13.3 Å². The van der Waals surface area contributed by atoms with Gasteiger partial charge in [-0.1, -0.05) is 48.5 Å². The van der Waals surface area contributed by atoms with E-state index in [0.29, 0.717) is 17.5 Å². The Kier molecular flexibility index (Phi) is 5.09. The largest absolute Gasteiger partial charge is 0.352 e. The predicted molar refractivity (Wildman–Crippen MR) is 153 cm³/mol. The quantitative estimate of drug-likeness (QED) is 0.243. The van der Waals surface area contributed by atoms with Crippen LogP contribution in [0.15, 0.2) is 91.9 Å². The van der Waals surface area contributed by atoms with Crippen molar-refractivity contribution in [2.45, 2.75) is 44.3 Å². The molecule has 0 aliphatic carbocycles. The summed E-state index contributed by atoms with van der Waals surface area (Å²) in [6, 6.07) is 21.5. The van der Waals surface area contributed by atoms with Gasteiger partial charge in [-0.15, -0.1) is 0 Å². The van der Waals surface area contributed by atoms with Gasteiger partial charge < -0.3 is 9.80 Å². The van der Waals surface area contributed by atoms with Gasteiger partial charge in [-0.2, -0.15) is 4.57 Å². The monoisotopic (exact) mass is 530 g/mol. The lowest BCUT2D eigenvalue weighted by Gasteiger charge is -2.48. The van der Waals surface area contributed by atoms with Crippen LogP contribution in [0.2, 0.25) is 0 Å². The van der Waals surface area contributed by atoms with E-state index in [2.05, 4.69) is 76.3 Å². The first kappa shape index (κ1) is 23.6. The van der Waals surface area contributed by atoms with Crippen LogP contribution in [0, 0.1) is 18.6 Å². The van der Waals surface area contributed by atoms with Gasteiger partial charge in [0.25, 0.3) is 0 Å². The number of nitrogens with zero attached hydrogens (tertiary/aromatic N) is 3. The Hall–Kier alpha value is -4.25.